The number of carbonyl (C=O) groups excluding carboxylic acids is 2. The molecule has 0 aliphatic heterocycles. The van der Waals surface area contributed by atoms with Gasteiger partial charge in [0.25, 0.3) is 0 Å². The molecule has 7 nitrogen and oxygen atoms in total. The van der Waals surface area contributed by atoms with E-state index < -0.39 is 28.7 Å². The average molecular weight is 499 g/mol. The SMILES string of the molecule is CC(C)C[C@H](S)C(=O)NC1(C(=O)NC(Cc2ccc(-c3ccccc3O)cc2)C(=O)O)CCCC1. The minimum absolute atomic E-state index is 0.0920. The van der Waals surface area contributed by atoms with E-state index in [0.717, 1.165) is 24.0 Å². The lowest BCUT2D eigenvalue weighted by Crippen LogP contribution is -2.61. The summed E-state index contributed by atoms with van der Waals surface area (Å²) in [5.41, 5.74) is 1.10. The van der Waals surface area contributed by atoms with E-state index in [4.69, 9.17) is 0 Å². The smallest absolute Gasteiger partial charge is 0.326 e. The Kier molecular flexibility index (Phi) is 8.83. The number of rotatable bonds is 10. The molecule has 2 aromatic carbocycles. The molecule has 2 aromatic rings. The molecule has 0 bridgehead atoms. The minimum Gasteiger partial charge on any atom is -0.507 e. The van der Waals surface area contributed by atoms with Gasteiger partial charge in [0.1, 0.15) is 17.3 Å². The lowest BCUT2D eigenvalue weighted by atomic mass is 9.94. The van der Waals surface area contributed by atoms with Gasteiger partial charge in [0, 0.05) is 12.0 Å². The molecule has 1 saturated carbocycles. The third-order valence-electron chi connectivity index (χ3n) is 6.46. The van der Waals surface area contributed by atoms with Gasteiger partial charge >= 0.3 is 5.97 Å². The number of aliphatic carboxylic acids is 1. The number of thiol groups is 1. The third-order valence-corrected chi connectivity index (χ3v) is 6.91. The van der Waals surface area contributed by atoms with Crippen molar-refractivity contribution in [1.82, 2.24) is 10.6 Å². The molecule has 1 fully saturated rings. The fourth-order valence-corrected chi connectivity index (χ4v) is 5.02. The molecule has 0 spiro atoms. The van der Waals surface area contributed by atoms with Crippen LogP contribution in [0.3, 0.4) is 0 Å². The van der Waals surface area contributed by atoms with Gasteiger partial charge in [0.2, 0.25) is 11.8 Å². The number of phenols is 1. The van der Waals surface area contributed by atoms with Crippen molar-refractivity contribution in [2.45, 2.75) is 69.2 Å². The molecular weight excluding hydrogens is 464 g/mol. The third kappa shape index (κ3) is 6.78. The van der Waals surface area contributed by atoms with Crippen LogP contribution in [-0.4, -0.2) is 44.8 Å². The predicted octanol–water partition coefficient (Wildman–Crippen LogP) is 3.94. The first-order valence-corrected chi connectivity index (χ1v) is 12.5. The molecule has 3 rings (SSSR count). The van der Waals surface area contributed by atoms with Crippen molar-refractivity contribution in [3.05, 3.63) is 54.1 Å². The second-order valence-corrected chi connectivity index (χ2v) is 10.3. The van der Waals surface area contributed by atoms with Gasteiger partial charge in [0.05, 0.1) is 5.25 Å². The predicted molar refractivity (Wildman–Crippen MR) is 138 cm³/mol. The van der Waals surface area contributed by atoms with Gasteiger partial charge in [0.15, 0.2) is 0 Å². The Bertz CT molecular complexity index is 1050. The summed E-state index contributed by atoms with van der Waals surface area (Å²) in [5, 5.41) is 24.9. The molecule has 0 saturated heterocycles. The van der Waals surface area contributed by atoms with E-state index in [1.54, 1.807) is 30.3 Å². The maximum absolute atomic E-state index is 13.3. The van der Waals surface area contributed by atoms with Crippen LogP contribution in [0.25, 0.3) is 11.1 Å². The fourth-order valence-electron chi connectivity index (χ4n) is 4.53. The highest BCUT2D eigenvalue weighted by Crippen LogP contribution is 2.31. The van der Waals surface area contributed by atoms with E-state index in [2.05, 4.69) is 23.3 Å². The number of amides is 2. The van der Waals surface area contributed by atoms with Crippen LogP contribution in [0, 0.1) is 5.92 Å². The Morgan fingerprint density at radius 1 is 1.03 bits per heavy atom. The van der Waals surface area contributed by atoms with Crippen molar-refractivity contribution in [2.75, 3.05) is 0 Å². The zero-order valence-corrected chi connectivity index (χ0v) is 21.1. The Labute approximate surface area is 211 Å². The lowest BCUT2D eigenvalue weighted by Gasteiger charge is -2.31. The van der Waals surface area contributed by atoms with Crippen LogP contribution in [0.15, 0.2) is 48.5 Å². The fraction of sp³-hybridized carbons (Fsp3) is 0.444. The molecule has 1 aliphatic rings. The molecule has 4 N–H and O–H groups in total. The standard InChI is InChI=1S/C27H34N2O5S/c1-17(2)15-23(35)24(31)29-27(13-5-6-14-27)26(34)28-21(25(32)33)16-18-9-11-19(12-10-18)20-7-3-4-8-22(20)30/h3-4,7-12,17,21,23,30,35H,5-6,13-16H2,1-2H3,(H,28,34)(H,29,31)(H,32,33)/t21?,23-/m0/s1. The minimum atomic E-state index is -1.14. The van der Waals surface area contributed by atoms with Gasteiger partial charge in [-0.15, -0.1) is 0 Å². The van der Waals surface area contributed by atoms with Gasteiger partial charge in [-0.2, -0.15) is 12.6 Å². The number of phenolic OH excluding ortho intramolecular Hbond substituents is 1. The molecule has 0 radical (unpaired) electrons. The van der Waals surface area contributed by atoms with Crippen molar-refractivity contribution >= 4 is 30.4 Å². The number of para-hydroxylation sites is 1. The molecule has 35 heavy (non-hydrogen) atoms. The zero-order valence-electron chi connectivity index (χ0n) is 20.2. The first-order chi connectivity index (χ1) is 16.6. The summed E-state index contributed by atoms with van der Waals surface area (Å²) >= 11 is 4.40. The Hall–Kier alpha value is -3.00. The summed E-state index contributed by atoms with van der Waals surface area (Å²) in [6, 6.07) is 13.0. The van der Waals surface area contributed by atoms with Crippen molar-refractivity contribution in [3.63, 3.8) is 0 Å². The number of carboxylic acids is 1. The number of hydrogen-bond acceptors (Lipinski definition) is 5. The largest absolute Gasteiger partial charge is 0.507 e. The van der Waals surface area contributed by atoms with E-state index in [-0.39, 0.29) is 24.0 Å². The monoisotopic (exact) mass is 498 g/mol. The topological polar surface area (TPSA) is 116 Å². The van der Waals surface area contributed by atoms with Crippen LogP contribution in [0.5, 0.6) is 5.75 Å². The van der Waals surface area contributed by atoms with Crippen LogP contribution in [0.1, 0.15) is 51.5 Å². The average Bonchev–Trinajstić information content (AvgIpc) is 3.28. The van der Waals surface area contributed by atoms with E-state index >= 15 is 0 Å². The van der Waals surface area contributed by atoms with Gasteiger partial charge in [-0.25, -0.2) is 4.79 Å². The normalized spacial score (nSPS) is 16.5. The molecular formula is C27H34N2O5S. The van der Waals surface area contributed by atoms with Crippen molar-refractivity contribution < 1.29 is 24.6 Å². The second-order valence-electron chi connectivity index (χ2n) is 9.71. The van der Waals surface area contributed by atoms with Crippen LogP contribution < -0.4 is 10.6 Å². The zero-order chi connectivity index (χ0) is 25.6. The maximum Gasteiger partial charge on any atom is 0.326 e. The summed E-state index contributed by atoms with van der Waals surface area (Å²) in [5.74, 6) is -1.46. The second kappa shape index (κ2) is 11.6. The number of carbonyl (C=O) groups is 3. The number of carboxylic acid groups (broad SMARTS) is 1. The summed E-state index contributed by atoms with van der Waals surface area (Å²) in [4.78, 5) is 38.0. The Morgan fingerprint density at radius 2 is 1.66 bits per heavy atom. The van der Waals surface area contributed by atoms with Gasteiger partial charge < -0.3 is 20.8 Å². The van der Waals surface area contributed by atoms with Crippen molar-refractivity contribution in [3.8, 4) is 16.9 Å². The highest BCUT2D eigenvalue weighted by Gasteiger charge is 2.44. The first kappa shape index (κ1) is 26.6. The van der Waals surface area contributed by atoms with E-state index in [0.29, 0.717) is 24.8 Å². The van der Waals surface area contributed by atoms with Crippen molar-refractivity contribution in [2.24, 2.45) is 5.92 Å². The molecule has 8 heteroatoms. The van der Waals surface area contributed by atoms with E-state index in [1.165, 1.54) is 0 Å². The van der Waals surface area contributed by atoms with Gasteiger partial charge in [-0.05, 0) is 42.4 Å². The molecule has 1 aliphatic carbocycles. The highest BCUT2D eigenvalue weighted by molar-refractivity contribution is 7.81. The Morgan fingerprint density at radius 3 is 2.23 bits per heavy atom. The highest BCUT2D eigenvalue weighted by atomic mass is 32.1. The summed E-state index contributed by atoms with van der Waals surface area (Å²) in [6.07, 6.45) is 3.17. The van der Waals surface area contributed by atoms with Crippen LogP contribution >= 0.6 is 12.6 Å². The molecule has 0 heterocycles. The molecule has 2 atom stereocenters. The lowest BCUT2D eigenvalue weighted by molar-refractivity contribution is -0.143. The quantitative estimate of drug-likeness (QED) is 0.318. The number of benzene rings is 2. The van der Waals surface area contributed by atoms with Crippen molar-refractivity contribution in [1.29, 1.82) is 0 Å². The van der Waals surface area contributed by atoms with Gasteiger partial charge in [-0.3, -0.25) is 9.59 Å². The molecule has 0 aromatic heterocycles. The van der Waals surface area contributed by atoms with Crippen LogP contribution in [0.4, 0.5) is 0 Å². The summed E-state index contributed by atoms with van der Waals surface area (Å²) in [6.45, 7) is 4.00. The number of hydrogen-bond donors (Lipinski definition) is 5. The summed E-state index contributed by atoms with van der Waals surface area (Å²) < 4.78 is 0. The van der Waals surface area contributed by atoms with E-state index in [1.807, 2.05) is 32.0 Å². The number of aromatic hydroxyl groups is 1. The maximum atomic E-state index is 13.3. The van der Waals surface area contributed by atoms with Gasteiger partial charge in [-0.1, -0.05) is 69.2 Å². The first-order valence-electron chi connectivity index (χ1n) is 12.0. The Balaban J connectivity index is 1.71. The summed E-state index contributed by atoms with van der Waals surface area (Å²) in [7, 11) is 0. The van der Waals surface area contributed by atoms with Crippen LogP contribution in [0.2, 0.25) is 0 Å². The molecule has 2 amide bonds. The number of nitrogens with one attached hydrogen (secondary N) is 2. The molecule has 188 valence electrons. The van der Waals surface area contributed by atoms with Crippen LogP contribution in [-0.2, 0) is 20.8 Å². The van der Waals surface area contributed by atoms with E-state index in [9.17, 15) is 24.6 Å². The molecule has 1 unspecified atom stereocenters.